The first kappa shape index (κ1) is 13.7. The quantitative estimate of drug-likeness (QED) is 0.906. The van der Waals surface area contributed by atoms with Crippen LogP contribution in [0.1, 0.15) is 18.1 Å². The van der Waals surface area contributed by atoms with E-state index in [4.69, 9.17) is 0 Å². The number of rotatable bonds is 3. The van der Waals surface area contributed by atoms with Gasteiger partial charge in [0.2, 0.25) is 0 Å². The average molecular weight is 286 g/mol. The molecule has 2 N–H and O–H groups in total. The van der Waals surface area contributed by atoms with Gasteiger partial charge in [0.1, 0.15) is 11.6 Å². The number of halogens is 1. The molecule has 0 saturated heterocycles. The zero-order valence-corrected chi connectivity index (χ0v) is 12.1. The fraction of sp³-hybridized carbons (Fsp3) is 0.294. The van der Waals surface area contributed by atoms with Crippen molar-refractivity contribution in [3.8, 4) is 5.75 Å². The maximum absolute atomic E-state index is 13.4. The van der Waals surface area contributed by atoms with Crippen molar-refractivity contribution in [2.75, 3.05) is 23.3 Å². The molecule has 3 nitrogen and oxygen atoms in total. The molecule has 0 amide bonds. The number of anilines is 2. The van der Waals surface area contributed by atoms with Crippen LogP contribution in [-0.2, 0) is 13.0 Å². The van der Waals surface area contributed by atoms with Crippen LogP contribution in [0.4, 0.5) is 15.8 Å². The van der Waals surface area contributed by atoms with Gasteiger partial charge < -0.3 is 15.3 Å². The van der Waals surface area contributed by atoms with Gasteiger partial charge in [-0.3, -0.25) is 0 Å². The van der Waals surface area contributed by atoms with Gasteiger partial charge in [-0.15, -0.1) is 0 Å². The highest BCUT2D eigenvalue weighted by Gasteiger charge is 2.19. The Bertz CT molecular complexity index is 657. The Morgan fingerprint density at radius 2 is 2.05 bits per heavy atom. The second kappa shape index (κ2) is 5.64. The van der Waals surface area contributed by atoms with E-state index in [2.05, 4.69) is 10.2 Å². The van der Waals surface area contributed by atoms with Gasteiger partial charge >= 0.3 is 0 Å². The summed E-state index contributed by atoms with van der Waals surface area (Å²) in [6.07, 6.45) is 0.882. The molecule has 2 aromatic carbocycles. The van der Waals surface area contributed by atoms with E-state index in [-0.39, 0.29) is 5.82 Å². The third-order valence-corrected chi connectivity index (χ3v) is 3.87. The number of nitrogens with one attached hydrogen (secondary N) is 1. The zero-order chi connectivity index (χ0) is 14.8. The number of hydrogen-bond donors (Lipinski definition) is 2. The molecule has 21 heavy (non-hydrogen) atoms. The van der Waals surface area contributed by atoms with Crippen molar-refractivity contribution in [3.63, 3.8) is 0 Å². The number of hydrogen-bond acceptors (Lipinski definition) is 3. The van der Waals surface area contributed by atoms with Crippen molar-refractivity contribution >= 4 is 11.4 Å². The maximum atomic E-state index is 13.4. The van der Waals surface area contributed by atoms with Crippen LogP contribution in [0.25, 0.3) is 0 Å². The van der Waals surface area contributed by atoms with E-state index in [1.807, 2.05) is 25.1 Å². The minimum atomic E-state index is -0.225. The molecule has 0 bridgehead atoms. The van der Waals surface area contributed by atoms with Gasteiger partial charge in [0.25, 0.3) is 0 Å². The van der Waals surface area contributed by atoms with E-state index in [1.54, 1.807) is 12.1 Å². The Kier molecular flexibility index (Phi) is 3.69. The largest absolute Gasteiger partial charge is 0.508 e. The van der Waals surface area contributed by atoms with Gasteiger partial charge in [0.05, 0.1) is 11.4 Å². The van der Waals surface area contributed by atoms with Gasteiger partial charge in [0.15, 0.2) is 0 Å². The van der Waals surface area contributed by atoms with Gasteiger partial charge in [0, 0.05) is 19.6 Å². The standard InChI is InChI=1S/C17H19FN2O/c1-2-19-16-10-14(18)4-6-17(16)20-8-7-12-9-15(21)5-3-13(12)11-20/h3-6,9-10,19,21H,2,7-8,11H2,1H3. The molecule has 0 unspecified atom stereocenters. The van der Waals surface area contributed by atoms with Crippen LogP contribution < -0.4 is 10.2 Å². The summed E-state index contributed by atoms with van der Waals surface area (Å²) < 4.78 is 13.4. The number of phenols is 1. The molecule has 1 aliphatic rings. The molecule has 0 atom stereocenters. The van der Waals surface area contributed by atoms with E-state index >= 15 is 0 Å². The molecule has 0 aromatic heterocycles. The minimum Gasteiger partial charge on any atom is -0.508 e. The van der Waals surface area contributed by atoms with Gasteiger partial charge in [-0.05, 0) is 54.8 Å². The lowest BCUT2D eigenvalue weighted by Crippen LogP contribution is -2.31. The average Bonchev–Trinajstić information content (AvgIpc) is 2.47. The lowest BCUT2D eigenvalue weighted by molar-refractivity contribution is 0.473. The topological polar surface area (TPSA) is 35.5 Å². The summed E-state index contributed by atoms with van der Waals surface area (Å²) in [5.41, 5.74) is 4.26. The minimum absolute atomic E-state index is 0.225. The number of fused-ring (bicyclic) bond motifs is 1. The Hall–Kier alpha value is -2.23. The number of nitrogens with zero attached hydrogens (tertiary/aromatic N) is 1. The molecule has 0 spiro atoms. The smallest absolute Gasteiger partial charge is 0.125 e. The molecule has 1 aliphatic heterocycles. The van der Waals surface area contributed by atoms with Crippen molar-refractivity contribution in [3.05, 3.63) is 53.3 Å². The van der Waals surface area contributed by atoms with Crippen molar-refractivity contribution in [2.45, 2.75) is 19.9 Å². The Labute approximate surface area is 124 Å². The molecule has 3 rings (SSSR count). The summed E-state index contributed by atoms with van der Waals surface area (Å²) in [5, 5.41) is 12.8. The zero-order valence-electron chi connectivity index (χ0n) is 12.1. The van der Waals surface area contributed by atoms with Crippen molar-refractivity contribution in [2.24, 2.45) is 0 Å². The SMILES string of the molecule is CCNc1cc(F)ccc1N1CCc2cc(O)ccc2C1. The normalized spacial score (nSPS) is 13.9. The van der Waals surface area contributed by atoms with Crippen LogP contribution in [0.15, 0.2) is 36.4 Å². The van der Waals surface area contributed by atoms with E-state index in [9.17, 15) is 9.50 Å². The van der Waals surface area contributed by atoms with Gasteiger partial charge in [-0.25, -0.2) is 4.39 Å². The molecule has 0 aliphatic carbocycles. The van der Waals surface area contributed by atoms with Gasteiger partial charge in [-0.2, -0.15) is 0 Å². The number of benzene rings is 2. The van der Waals surface area contributed by atoms with E-state index in [1.165, 1.54) is 17.2 Å². The fourth-order valence-electron chi connectivity index (χ4n) is 2.86. The van der Waals surface area contributed by atoms with Crippen molar-refractivity contribution in [1.29, 1.82) is 0 Å². The highest BCUT2D eigenvalue weighted by atomic mass is 19.1. The molecule has 0 radical (unpaired) electrons. The third-order valence-electron chi connectivity index (χ3n) is 3.87. The van der Waals surface area contributed by atoms with Crippen LogP contribution in [-0.4, -0.2) is 18.2 Å². The summed E-state index contributed by atoms with van der Waals surface area (Å²) in [4.78, 5) is 2.25. The van der Waals surface area contributed by atoms with E-state index in [0.29, 0.717) is 5.75 Å². The predicted octanol–water partition coefficient (Wildman–Crippen LogP) is 3.53. The Morgan fingerprint density at radius 3 is 2.86 bits per heavy atom. The Morgan fingerprint density at radius 1 is 1.19 bits per heavy atom. The molecule has 4 heteroatoms. The highest BCUT2D eigenvalue weighted by molar-refractivity contribution is 5.70. The third kappa shape index (κ3) is 2.79. The summed E-state index contributed by atoms with van der Waals surface area (Å²) in [6, 6.07) is 10.4. The second-order valence-corrected chi connectivity index (χ2v) is 5.32. The summed E-state index contributed by atoms with van der Waals surface area (Å²) >= 11 is 0. The first-order valence-electron chi connectivity index (χ1n) is 7.26. The van der Waals surface area contributed by atoms with Crippen molar-refractivity contribution < 1.29 is 9.50 Å². The predicted molar refractivity (Wildman–Crippen MR) is 83.4 cm³/mol. The second-order valence-electron chi connectivity index (χ2n) is 5.32. The van der Waals surface area contributed by atoms with E-state index < -0.39 is 0 Å². The van der Waals surface area contributed by atoms with Crippen LogP contribution in [0.5, 0.6) is 5.75 Å². The molecule has 0 saturated carbocycles. The molecule has 1 heterocycles. The van der Waals surface area contributed by atoms with Crippen LogP contribution in [0.3, 0.4) is 0 Å². The fourth-order valence-corrected chi connectivity index (χ4v) is 2.86. The summed E-state index contributed by atoms with van der Waals surface area (Å²) in [5.74, 6) is 0.0920. The van der Waals surface area contributed by atoms with E-state index in [0.717, 1.165) is 37.4 Å². The molecular weight excluding hydrogens is 267 g/mol. The Balaban J connectivity index is 1.90. The lowest BCUT2D eigenvalue weighted by atomic mass is 9.99. The number of aromatic hydroxyl groups is 1. The first-order valence-corrected chi connectivity index (χ1v) is 7.26. The summed E-state index contributed by atoms with van der Waals surface area (Å²) in [6.45, 7) is 4.40. The first-order chi connectivity index (χ1) is 10.2. The highest BCUT2D eigenvalue weighted by Crippen LogP contribution is 2.32. The molecule has 0 fully saturated rings. The van der Waals surface area contributed by atoms with Crippen molar-refractivity contribution in [1.82, 2.24) is 0 Å². The van der Waals surface area contributed by atoms with Crippen LogP contribution >= 0.6 is 0 Å². The molecule has 110 valence electrons. The summed E-state index contributed by atoms with van der Waals surface area (Å²) in [7, 11) is 0. The molecule has 2 aromatic rings. The van der Waals surface area contributed by atoms with Gasteiger partial charge in [-0.1, -0.05) is 6.07 Å². The monoisotopic (exact) mass is 286 g/mol. The van der Waals surface area contributed by atoms with Crippen LogP contribution in [0.2, 0.25) is 0 Å². The maximum Gasteiger partial charge on any atom is 0.125 e. The van der Waals surface area contributed by atoms with Crippen LogP contribution in [0, 0.1) is 5.82 Å². The number of phenolic OH excluding ortho intramolecular Hbond substituents is 1. The molecular formula is C17H19FN2O. The lowest BCUT2D eigenvalue weighted by Gasteiger charge is -2.32.